The van der Waals surface area contributed by atoms with E-state index in [1.807, 2.05) is 48.6 Å². The predicted octanol–water partition coefficient (Wildman–Crippen LogP) is 2.16. The number of nitrogens with one attached hydrogen (secondary N) is 1. The average Bonchev–Trinajstić information content (AvgIpc) is 3.00. The van der Waals surface area contributed by atoms with Crippen LogP contribution in [-0.2, 0) is 0 Å². The lowest BCUT2D eigenvalue weighted by atomic mass is 10.3. The van der Waals surface area contributed by atoms with Gasteiger partial charge in [0, 0.05) is 19.4 Å². The van der Waals surface area contributed by atoms with Crippen molar-refractivity contribution in [3.05, 3.63) is 42.5 Å². The number of benzene rings is 1. The number of imidazole rings is 1. The first kappa shape index (κ1) is 11.8. The molecule has 3 rings (SSSR count). The van der Waals surface area contributed by atoms with Crippen LogP contribution in [0.2, 0.25) is 0 Å². The van der Waals surface area contributed by atoms with E-state index in [9.17, 15) is 4.79 Å². The number of H-pyrrole nitrogens is 1. The van der Waals surface area contributed by atoms with E-state index in [1.54, 1.807) is 4.90 Å². The van der Waals surface area contributed by atoms with E-state index in [0.29, 0.717) is 5.82 Å². The van der Waals surface area contributed by atoms with Crippen molar-refractivity contribution in [1.29, 1.82) is 0 Å². The molecule has 0 radical (unpaired) electrons. The number of carbonyl (C=O) groups excluding carboxylic acids is 1. The van der Waals surface area contributed by atoms with Gasteiger partial charge in [-0.2, -0.15) is 0 Å². The molecule has 1 aromatic heterocycles. The monoisotopic (exact) mass is 256 g/mol. The molecule has 0 saturated heterocycles. The van der Waals surface area contributed by atoms with E-state index in [1.165, 1.54) is 0 Å². The number of para-hydroxylation sites is 2. The number of nitrogens with zero attached hydrogens (tertiary/aromatic N) is 3. The third-order valence-electron chi connectivity index (χ3n) is 3.45. The minimum atomic E-state index is -0.0938. The standard InChI is InChI=1S/C14H16N4O/c1-3-12-17(2)8-9-18(12)14(19)13-15-10-6-4-5-7-11(10)16-13/h4-9,12H,3H2,1-2H3,(H,15,16). The number of aromatic nitrogens is 2. The quantitative estimate of drug-likeness (QED) is 0.895. The van der Waals surface area contributed by atoms with Gasteiger partial charge in [0.25, 0.3) is 5.91 Å². The summed E-state index contributed by atoms with van der Waals surface area (Å²) < 4.78 is 0. The molecule has 1 amide bonds. The Balaban J connectivity index is 1.93. The van der Waals surface area contributed by atoms with Crippen LogP contribution in [0.15, 0.2) is 36.7 Å². The van der Waals surface area contributed by atoms with Gasteiger partial charge in [0.2, 0.25) is 0 Å². The highest BCUT2D eigenvalue weighted by atomic mass is 16.2. The zero-order valence-electron chi connectivity index (χ0n) is 11.0. The summed E-state index contributed by atoms with van der Waals surface area (Å²) in [5.74, 6) is 0.295. The summed E-state index contributed by atoms with van der Waals surface area (Å²) in [4.78, 5) is 23.7. The van der Waals surface area contributed by atoms with Crippen molar-refractivity contribution in [1.82, 2.24) is 19.8 Å². The molecule has 1 aliphatic rings. The molecule has 0 aliphatic carbocycles. The Morgan fingerprint density at radius 3 is 2.89 bits per heavy atom. The number of aromatic amines is 1. The molecule has 1 N–H and O–H groups in total. The Bertz CT molecular complexity index is 613. The zero-order chi connectivity index (χ0) is 13.4. The van der Waals surface area contributed by atoms with E-state index in [0.717, 1.165) is 17.5 Å². The molecule has 0 spiro atoms. The van der Waals surface area contributed by atoms with Crippen LogP contribution < -0.4 is 0 Å². The number of hydrogen-bond acceptors (Lipinski definition) is 3. The van der Waals surface area contributed by atoms with Crippen LogP contribution in [0.5, 0.6) is 0 Å². The van der Waals surface area contributed by atoms with Crippen LogP contribution in [0.1, 0.15) is 24.0 Å². The SMILES string of the molecule is CCC1N(C)C=CN1C(=O)c1nc2ccccc2[nH]1. The van der Waals surface area contributed by atoms with E-state index < -0.39 is 0 Å². The van der Waals surface area contributed by atoms with Crippen LogP contribution in [0.4, 0.5) is 0 Å². The second-order valence-corrected chi connectivity index (χ2v) is 4.67. The summed E-state index contributed by atoms with van der Waals surface area (Å²) in [5.41, 5.74) is 1.70. The zero-order valence-corrected chi connectivity index (χ0v) is 11.0. The maximum Gasteiger partial charge on any atom is 0.295 e. The van der Waals surface area contributed by atoms with Gasteiger partial charge in [0.05, 0.1) is 11.0 Å². The van der Waals surface area contributed by atoms with Gasteiger partial charge in [-0.1, -0.05) is 19.1 Å². The highest BCUT2D eigenvalue weighted by molar-refractivity contribution is 5.95. The number of hydrogen-bond donors (Lipinski definition) is 1. The van der Waals surface area contributed by atoms with Crippen LogP contribution >= 0.6 is 0 Å². The van der Waals surface area contributed by atoms with Crippen molar-refractivity contribution >= 4 is 16.9 Å². The lowest BCUT2D eigenvalue weighted by Crippen LogP contribution is -2.40. The number of rotatable bonds is 2. The molecule has 0 saturated carbocycles. The van der Waals surface area contributed by atoms with Crippen LogP contribution in [0, 0.1) is 0 Å². The Labute approximate surface area is 111 Å². The van der Waals surface area contributed by atoms with Crippen molar-refractivity contribution < 1.29 is 4.79 Å². The minimum absolute atomic E-state index is 0.0701. The summed E-state index contributed by atoms with van der Waals surface area (Å²) in [6.07, 6.45) is 4.66. The fraction of sp³-hybridized carbons (Fsp3) is 0.286. The van der Waals surface area contributed by atoms with Gasteiger partial charge in [0.15, 0.2) is 5.82 Å². The average molecular weight is 256 g/mol. The number of amides is 1. The van der Waals surface area contributed by atoms with Gasteiger partial charge in [-0.15, -0.1) is 0 Å². The van der Waals surface area contributed by atoms with Crippen molar-refractivity contribution in [2.45, 2.75) is 19.5 Å². The molecule has 1 atom stereocenters. The first-order valence-electron chi connectivity index (χ1n) is 6.38. The second-order valence-electron chi connectivity index (χ2n) is 4.67. The van der Waals surface area contributed by atoms with Crippen LogP contribution in [0.3, 0.4) is 0 Å². The molecule has 2 aromatic rings. The molecule has 5 nitrogen and oxygen atoms in total. The Kier molecular flexibility index (Phi) is 2.74. The maximum absolute atomic E-state index is 12.5. The van der Waals surface area contributed by atoms with E-state index >= 15 is 0 Å². The third-order valence-corrected chi connectivity index (χ3v) is 3.45. The molecule has 2 heterocycles. The smallest absolute Gasteiger partial charge is 0.295 e. The second kappa shape index (κ2) is 4.42. The minimum Gasteiger partial charge on any atom is -0.359 e. The number of carbonyl (C=O) groups is 1. The first-order chi connectivity index (χ1) is 9.20. The van der Waals surface area contributed by atoms with Gasteiger partial charge in [0.1, 0.15) is 6.17 Å². The highest BCUT2D eigenvalue weighted by Crippen LogP contribution is 2.20. The van der Waals surface area contributed by atoms with Gasteiger partial charge in [-0.3, -0.25) is 9.69 Å². The fourth-order valence-electron chi connectivity index (χ4n) is 2.44. The van der Waals surface area contributed by atoms with Crippen molar-refractivity contribution in [2.75, 3.05) is 7.05 Å². The van der Waals surface area contributed by atoms with Gasteiger partial charge in [-0.05, 0) is 18.6 Å². The lowest BCUT2D eigenvalue weighted by Gasteiger charge is -2.27. The van der Waals surface area contributed by atoms with Gasteiger partial charge in [-0.25, -0.2) is 4.98 Å². The fourth-order valence-corrected chi connectivity index (χ4v) is 2.44. The molecule has 1 aromatic carbocycles. The molecule has 0 fully saturated rings. The van der Waals surface area contributed by atoms with Gasteiger partial charge < -0.3 is 9.88 Å². The summed E-state index contributed by atoms with van der Waals surface area (Å²) in [7, 11) is 1.97. The van der Waals surface area contributed by atoms with Crippen molar-refractivity contribution in [3.63, 3.8) is 0 Å². The first-order valence-corrected chi connectivity index (χ1v) is 6.38. The Morgan fingerprint density at radius 2 is 2.16 bits per heavy atom. The molecule has 1 aliphatic heterocycles. The number of fused-ring (bicyclic) bond motifs is 1. The predicted molar refractivity (Wildman–Crippen MR) is 73.2 cm³/mol. The molecular weight excluding hydrogens is 240 g/mol. The van der Waals surface area contributed by atoms with Crippen LogP contribution in [-0.4, -0.2) is 38.9 Å². The molecule has 98 valence electrons. The van der Waals surface area contributed by atoms with E-state index in [4.69, 9.17) is 0 Å². The molecule has 19 heavy (non-hydrogen) atoms. The maximum atomic E-state index is 12.5. The van der Waals surface area contributed by atoms with Gasteiger partial charge >= 0.3 is 0 Å². The summed E-state index contributed by atoms with van der Waals surface area (Å²) in [5, 5.41) is 0. The Hall–Kier alpha value is -2.30. The van der Waals surface area contributed by atoms with Crippen LogP contribution in [0.25, 0.3) is 11.0 Å². The third kappa shape index (κ3) is 1.87. The lowest BCUT2D eigenvalue weighted by molar-refractivity contribution is 0.0684. The molecule has 1 unspecified atom stereocenters. The van der Waals surface area contributed by atoms with Crippen molar-refractivity contribution in [2.24, 2.45) is 0 Å². The largest absolute Gasteiger partial charge is 0.359 e. The van der Waals surface area contributed by atoms with E-state index in [-0.39, 0.29) is 12.1 Å². The summed E-state index contributed by atoms with van der Waals surface area (Å²) in [6, 6.07) is 7.65. The highest BCUT2D eigenvalue weighted by Gasteiger charge is 2.29. The summed E-state index contributed by atoms with van der Waals surface area (Å²) in [6.45, 7) is 2.06. The normalized spacial score (nSPS) is 18.5. The topological polar surface area (TPSA) is 52.2 Å². The van der Waals surface area contributed by atoms with Crippen molar-refractivity contribution in [3.8, 4) is 0 Å². The Morgan fingerprint density at radius 1 is 1.37 bits per heavy atom. The molecule has 0 bridgehead atoms. The summed E-state index contributed by atoms with van der Waals surface area (Å²) >= 11 is 0. The molecule has 5 heteroatoms. The van der Waals surface area contributed by atoms with E-state index in [2.05, 4.69) is 16.9 Å². The molecular formula is C14H16N4O.